The average Bonchev–Trinajstić information content (AvgIpc) is 3.34. The van der Waals surface area contributed by atoms with Crippen LogP contribution in [0, 0.1) is 29.2 Å². The minimum Gasteiger partial charge on any atom is -0.500 e. The van der Waals surface area contributed by atoms with Gasteiger partial charge in [0.2, 0.25) is 0 Å². The van der Waals surface area contributed by atoms with Crippen molar-refractivity contribution < 1.29 is 34.7 Å². The number of fused-ring (bicyclic) bond motifs is 3. The van der Waals surface area contributed by atoms with E-state index in [9.17, 15) is 8.78 Å². The van der Waals surface area contributed by atoms with E-state index in [1.807, 2.05) is 24.3 Å². The first kappa shape index (κ1) is 34.2. The van der Waals surface area contributed by atoms with E-state index in [-0.39, 0.29) is 31.5 Å². The molecule has 46 heavy (non-hydrogen) atoms. The van der Waals surface area contributed by atoms with Gasteiger partial charge < -0.3 is 9.40 Å². The molecule has 3 aromatic carbocycles. The second-order valence-electron chi connectivity index (χ2n) is 13.9. The summed E-state index contributed by atoms with van der Waals surface area (Å²) >= 11 is -1.90. The summed E-state index contributed by atoms with van der Waals surface area (Å²) in [5.41, 5.74) is 6.10. The van der Waals surface area contributed by atoms with Crippen molar-refractivity contribution in [2.75, 3.05) is 0 Å². The summed E-state index contributed by atoms with van der Waals surface area (Å²) in [7, 11) is 0. The monoisotopic (exact) mass is 858 g/mol. The molecule has 0 saturated carbocycles. The number of nitrogens with zero attached hydrogens (tertiary/aromatic N) is 2. The van der Waals surface area contributed by atoms with E-state index in [1.54, 1.807) is 32.0 Å². The summed E-state index contributed by atoms with van der Waals surface area (Å²) in [6.07, 6.45) is 4.35. The van der Waals surface area contributed by atoms with Crippen molar-refractivity contribution in [3.63, 3.8) is 0 Å². The average molecular weight is 857 g/mol. The fourth-order valence-electron chi connectivity index (χ4n) is 5.45. The number of pyridine rings is 2. The molecule has 6 aromatic rings. The molecule has 0 aliphatic carbocycles. The molecule has 0 bridgehead atoms. The van der Waals surface area contributed by atoms with Crippen molar-refractivity contribution >= 4 is 39.6 Å². The summed E-state index contributed by atoms with van der Waals surface area (Å²) in [5.74, 6) is 5.32. The fourth-order valence-corrected chi connectivity index (χ4v) is 8.76. The van der Waals surface area contributed by atoms with Gasteiger partial charge in [-0.3, -0.25) is 0 Å². The Kier molecular flexibility index (Phi) is 10.6. The van der Waals surface area contributed by atoms with Gasteiger partial charge in [-0.25, -0.2) is 8.78 Å². The standard InChI is InChI=1S/C20H14F2NO.C19H26GeN.Ir/c1-11(2)16-9-18(23-10-17(16)22)15-5-3-4-14-13-7-6-12(21)8-19(13)24-20(14)15;1-19(2,3)13-16-12-18(15-10-8-7-9-11-15)21-14-17(16)20(4,5)6;/h3-4,6-11H,1-2H3;7-10,12,14H,13H2,1-6H3;/q2*-1;/i11D;;. The number of rotatable bonds is 5. The third-order valence-corrected chi connectivity index (χ3v) is 11.9. The predicted octanol–water partition coefficient (Wildman–Crippen LogP) is 10.5. The molecule has 0 spiro atoms. The molecule has 6 rings (SSSR count). The van der Waals surface area contributed by atoms with E-state index in [2.05, 4.69) is 73.5 Å². The van der Waals surface area contributed by atoms with Crippen molar-refractivity contribution in [3.8, 4) is 22.5 Å². The van der Waals surface area contributed by atoms with Crippen LogP contribution in [0.1, 0.15) is 53.0 Å². The quantitative estimate of drug-likeness (QED) is 0.128. The minimum atomic E-state index is -1.90. The molecule has 0 unspecified atom stereocenters. The molecular formula is C39H40F2GeIrN2O-2. The van der Waals surface area contributed by atoms with Crippen molar-refractivity contribution in [1.29, 1.82) is 0 Å². The zero-order valence-electron chi connectivity index (χ0n) is 28.6. The van der Waals surface area contributed by atoms with E-state index < -0.39 is 25.0 Å². The van der Waals surface area contributed by atoms with Gasteiger partial charge in [0, 0.05) is 32.9 Å². The number of hydrogen-bond acceptors (Lipinski definition) is 3. The number of halogens is 2. The number of furan rings is 1. The SMILES string of the molecule is CC(C)(C)Cc1cc(-c2[c-]cccc2)nc[c]1[Ge]([CH3])([CH3])[CH3].[2H]C(C)(C)c1cc(-c2[c-]ccc3c2oc2cc(F)ccc23)ncc1F.[Ir]. The maximum atomic E-state index is 14.0. The molecule has 3 aromatic heterocycles. The van der Waals surface area contributed by atoms with Crippen LogP contribution in [0.25, 0.3) is 44.5 Å². The smallest absolute Gasteiger partial charge is 0.143 e. The molecule has 7 heteroatoms. The third-order valence-electron chi connectivity index (χ3n) is 7.55. The van der Waals surface area contributed by atoms with Crippen LogP contribution < -0.4 is 4.40 Å². The Morgan fingerprint density at radius 1 is 0.891 bits per heavy atom. The molecule has 241 valence electrons. The molecule has 0 amide bonds. The van der Waals surface area contributed by atoms with Crippen LogP contribution in [0.2, 0.25) is 17.3 Å². The van der Waals surface area contributed by atoms with Crippen LogP contribution in [0.15, 0.2) is 83.5 Å². The Balaban J connectivity index is 0.000000212. The Bertz CT molecular complexity index is 2010. The van der Waals surface area contributed by atoms with Gasteiger partial charge in [0.1, 0.15) is 17.2 Å². The van der Waals surface area contributed by atoms with Gasteiger partial charge in [-0.15, -0.1) is 18.2 Å². The van der Waals surface area contributed by atoms with E-state index >= 15 is 0 Å². The molecule has 3 nitrogen and oxygen atoms in total. The second kappa shape index (κ2) is 14.3. The Labute approximate surface area is 289 Å². The molecule has 3 heterocycles. The zero-order valence-corrected chi connectivity index (χ0v) is 32.1. The number of aromatic nitrogens is 2. The molecule has 0 aliphatic heterocycles. The summed E-state index contributed by atoms with van der Waals surface area (Å²) in [6.45, 7) is 10.1. The summed E-state index contributed by atoms with van der Waals surface area (Å²) in [4.78, 5) is 8.86. The summed E-state index contributed by atoms with van der Waals surface area (Å²) in [6, 6.07) is 26.2. The van der Waals surface area contributed by atoms with E-state index in [4.69, 9.17) is 10.8 Å². The van der Waals surface area contributed by atoms with E-state index in [0.717, 1.165) is 34.6 Å². The molecular weight excluding hydrogens is 815 g/mol. The topological polar surface area (TPSA) is 38.9 Å². The van der Waals surface area contributed by atoms with Crippen LogP contribution in [0.3, 0.4) is 0 Å². The molecule has 0 fully saturated rings. The second-order valence-corrected chi connectivity index (χ2v) is 24.4. The summed E-state index contributed by atoms with van der Waals surface area (Å²) < 4.78 is 43.0. The first-order chi connectivity index (χ1) is 21.5. The van der Waals surface area contributed by atoms with Gasteiger partial charge in [-0.1, -0.05) is 30.9 Å². The van der Waals surface area contributed by atoms with E-state index in [0.29, 0.717) is 27.8 Å². The van der Waals surface area contributed by atoms with Crippen LogP contribution in [0.5, 0.6) is 0 Å². The van der Waals surface area contributed by atoms with Crippen molar-refractivity contribution in [1.82, 2.24) is 9.97 Å². The zero-order chi connectivity index (χ0) is 33.4. The Morgan fingerprint density at radius 2 is 1.63 bits per heavy atom. The van der Waals surface area contributed by atoms with Crippen LogP contribution in [0.4, 0.5) is 8.78 Å². The summed E-state index contributed by atoms with van der Waals surface area (Å²) in [5, 5.41) is 1.59. The van der Waals surface area contributed by atoms with Gasteiger partial charge in [-0.2, -0.15) is 0 Å². The molecule has 0 saturated heterocycles. The normalized spacial score (nSPS) is 12.3. The van der Waals surface area contributed by atoms with Crippen LogP contribution in [-0.4, -0.2) is 23.2 Å². The number of hydrogen-bond donors (Lipinski definition) is 0. The largest absolute Gasteiger partial charge is 0.500 e. The molecule has 0 aliphatic rings. The van der Waals surface area contributed by atoms with Gasteiger partial charge in [0.15, 0.2) is 0 Å². The minimum absolute atomic E-state index is 0. The maximum absolute atomic E-state index is 14.0. The number of benzene rings is 3. The molecule has 0 atom stereocenters. The maximum Gasteiger partial charge on any atom is 0.143 e. The first-order valence-corrected chi connectivity index (χ1v) is 22.5. The molecule has 1 radical (unpaired) electrons. The van der Waals surface area contributed by atoms with Crippen molar-refractivity contribution in [3.05, 3.63) is 114 Å². The van der Waals surface area contributed by atoms with Crippen LogP contribution in [-0.2, 0) is 26.5 Å². The Morgan fingerprint density at radius 3 is 2.28 bits per heavy atom. The van der Waals surface area contributed by atoms with Crippen molar-refractivity contribution in [2.24, 2.45) is 5.41 Å². The third kappa shape index (κ3) is 8.20. The van der Waals surface area contributed by atoms with Gasteiger partial charge in [0.05, 0.1) is 11.8 Å². The fraction of sp³-hybridized carbons (Fsp3) is 0.282. The van der Waals surface area contributed by atoms with Crippen molar-refractivity contribution in [2.45, 2.75) is 64.2 Å². The van der Waals surface area contributed by atoms with Gasteiger partial charge in [0.25, 0.3) is 0 Å². The predicted molar refractivity (Wildman–Crippen MR) is 184 cm³/mol. The molecule has 0 N–H and O–H groups in total. The van der Waals surface area contributed by atoms with Gasteiger partial charge in [-0.05, 0) is 29.3 Å². The first-order valence-electron chi connectivity index (χ1n) is 15.7. The van der Waals surface area contributed by atoms with Gasteiger partial charge >= 0.3 is 132 Å². The Hall–Kier alpha value is -3.19. The van der Waals surface area contributed by atoms with Crippen LogP contribution >= 0.6 is 0 Å². The van der Waals surface area contributed by atoms with E-state index in [1.165, 1.54) is 22.1 Å².